The maximum absolute atomic E-state index is 12.9. The Bertz CT molecular complexity index is 1210. The van der Waals surface area contributed by atoms with Crippen molar-refractivity contribution in [3.63, 3.8) is 0 Å². The van der Waals surface area contributed by atoms with Crippen molar-refractivity contribution < 1.29 is 19.7 Å². The number of imidazole rings is 1. The topological polar surface area (TPSA) is 135 Å². The first-order valence-corrected chi connectivity index (χ1v) is 9.51. The first kappa shape index (κ1) is 20.4. The van der Waals surface area contributed by atoms with Gasteiger partial charge >= 0.3 is 0 Å². The zero-order chi connectivity index (χ0) is 21.8. The molecule has 1 aromatic carbocycles. The molecule has 10 heteroatoms. The first-order chi connectivity index (χ1) is 15.1. The van der Waals surface area contributed by atoms with Gasteiger partial charge in [-0.25, -0.2) is 14.5 Å². The molecule has 0 radical (unpaired) electrons. The summed E-state index contributed by atoms with van der Waals surface area (Å²) in [6.45, 7) is 1.27. The van der Waals surface area contributed by atoms with Gasteiger partial charge in [-0.05, 0) is 31.2 Å². The maximum Gasteiger partial charge on any atom is 0.277 e. The Hall–Kier alpha value is -3.89. The number of carbonyl (C=O) groups excluding carboxylic acids is 1. The van der Waals surface area contributed by atoms with E-state index < -0.39 is 18.6 Å². The number of aliphatic hydroxyl groups excluding tert-OH is 2. The third-order valence-electron chi connectivity index (χ3n) is 4.48. The van der Waals surface area contributed by atoms with E-state index in [1.807, 2.05) is 12.1 Å². The van der Waals surface area contributed by atoms with Crippen LogP contribution in [-0.4, -0.2) is 60.0 Å². The minimum atomic E-state index is -0.990. The molecule has 0 aliphatic heterocycles. The molecule has 1 amide bonds. The van der Waals surface area contributed by atoms with E-state index in [4.69, 9.17) is 9.84 Å². The highest BCUT2D eigenvalue weighted by molar-refractivity contribution is 6.03. The van der Waals surface area contributed by atoms with Gasteiger partial charge in [-0.3, -0.25) is 9.78 Å². The van der Waals surface area contributed by atoms with E-state index in [1.54, 1.807) is 31.2 Å². The van der Waals surface area contributed by atoms with Crippen LogP contribution in [0.1, 0.15) is 16.2 Å². The highest BCUT2D eigenvalue weighted by Gasteiger charge is 2.20. The molecule has 3 aromatic heterocycles. The monoisotopic (exact) mass is 420 g/mol. The fraction of sp³-hybridized carbons (Fsp3) is 0.190. The highest BCUT2D eigenvalue weighted by atomic mass is 16.5. The van der Waals surface area contributed by atoms with Gasteiger partial charge in [0.25, 0.3) is 5.91 Å². The van der Waals surface area contributed by atoms with Crippen LogP contribution in [0, 0.1) is 6.92 Å². The van der Waals surface area contributed by atoms with Crippen LogP contribution < -0.4 is 10.1 Å². The molecular formula is C21H20N6O4. The summed E-state index contributed by atoms with van der Waals surface area (Å²) in [5.41, 5.74) is 2.52. The molecule has 3 N–H and O–H groups in total. The molecule has 0 fully saturated rings. The standard InChI is InChI=1S/C21H20N6O4/c1-13-20(21(30)25-18-10-22-8-9-23-18)27-19(24-13)7-6-16(26-27)15-4-2-3-5-17(15)31-12-14(29)11-28/h2-10,14,28-29H,11-12H2,1H3,(H,23,25,30). The molecular weight excluding hydrogens is 400 g/mol. The summed E-state index contributed by atoms with van der Waals surface area (Å²) in [5.74, 6) is 0.397. The molecule has 0 bridgehead atoms. The normalized spacial score (nSPS) is 12.0. The molecule has 4 rings (SSSR count). The van der Waals surface area contributed by atoms with Gasteiger partial charge in [-0.1, -0.05) is 12.1 Å². The number of nitrogens with zero attached hydrogens (tertiary/aromatic N) is 5. The van der Waals surface area contributed by atoms with Crippen molar-refractivity contribution in [3.05, 3.63) is 66.4 Å². The molecule has 4 aromatic rings. The van der Waals surface area contributed by atoms with Crippen LogP contribution in [0.2, 0.25) is 0 Å². The minimum Gasteiger partial charge on any atom is -0.490 e. The molecule has 1 atom stereocenters. The van der Waals surface area contributed by atoms with Crippen molar-refractivity contribution in [1.29, 1.82) is 0 Å². The highest BCUT2D eigenvalue weighted by Crippen LogP contribution is 2.29. The Kier molecular flexibility index (Phi) is 5.83. The third kappa shape index (κ3) is 4.34. The number of carbonyl (C=O) groups is 1. The summed E-state index contributed by atoms with van der Waals surface area (Å²) in [5, 5.41) is 25.9. The van der Waals surface area contributed by atoms with Crippen molar-refractivity contribution in [2.45, 2.75) is 13.0 Å². The number of ether oxygens (including phenoxy) is 1. The number of rotatable bonds is 7. The van der Waals surface area contributed by atoms with Crippen molar-refractivity contribution in [1.82, 2.24) is 24.6 Å². The van der Waals surface area contributed by atoms with Gasteiger partial charge in [-0.2, -0.15) is 5.10 Å². The number of aliphatic hydroxyl groups is 2. The lowest BCUT2D eigenvalue weighted by Gasteiger charge is -2.13. The Labute approximate surface area is 177 Å². The predicted octanol–water partition coefficient (Wildman–Crippen LogP) is 1.48. The minimum absolute atomic E-state index is 0.0638. The number of hydrogen-bond acceptors (Lipinski definition) is 8. The third-order valence-corrected chi connectivity index (χ3v) is 4.48. The summed E-state index contributed by atoms with van der Waals surface area (Å²) in [6, 6.07) is 10.7. The van der Waals surface area contributed by atoms with Gasteiger partial charge in [0.05, 0.1) is 24.2 Å². The Balaban J connectivity index is 1.70. The molecule has 0 aliphatic carbocycles. The van der Waals surface area contributed by atoms with E-state index in [0.29, 0.717) is 34.2 Å². The van der Waals surface area contributed by atoms with E-state index in [2.05, 4.69) is 25.4 Å². The molecule has 0 saturated carbocycles. The number of para-hydroxylation sites is 1. The average Bonchev–Trinajstić information content (AvgIpc) is 3.13. The number of aryl methyl sites for hydroxylation is 1. The summed E-state index contributed by atoms with van der Waals surface area (Å²) < 4.78 is 7.12. The number of aromatic nitrogens is 5. The number of benzene rings is 1. The van der Waals surface area contributed by atoms with Crippen molar-refractivity contribution >= 4 is 17.4 Å². The second-order valence-corrected chi connectivity index (χ2v) is 6.72. The summed E-state index contributed by atoms with van der Waals surface area (Å²) in [7, 11) is 0. The number of anilines is 1. The number of amides is 1. The van der Waals surface area contributed by atoms with Gasteiger partial charge in [0.2, 0.25) is 0 Å². The average molecular weight is 420 g/mol. The quantitative estimate of drug-likeness (QED) is 0.409. The van der Waals surface area contributed by atoms with Crippen molar-refractivity contribution in [2.24, 2.45) is 0 Å². The van der Waals surface area contributed by atoms with Crippen LogP contribution >= 0.6 is 0 Å². The van der Waals surface area contributed by atoms with Gasteiger partial charge in [0.15, 0.2) is 17.2 Å². The molecule has 158 valence electrons. The van der Waals surface area contributed by atoms with Crippen molar-refractivity contribution in [3.8, 4) is 17.0 Å². The summed E-state index contributed by atoms with van der Waals surface area (Å²) in [6.07, 6.45) is 3.46. The number of hydrogen-bond donors (Lipinski definition) is 3. The summed E-state index contributed by atoms with van der Waals surface area (Å²) >= 11 is 0. The summed E-state index contributed by atoms with van der Waals surface area (Å²) in [4.78, 5) is 25.3. The van der Waals surface area contributed by atoms with E-state index in [9.17, 15) is 9.90 Å². The van der Waals surface area contributed by atoms with Crippen LogP contribution in [0.5, 0.6) is 5.75 Å². The smallest absolute Gasteiger partial charge is 0.277 e. The molecule has 31 heavy (non-hydrogen) atoms. The number of nitrogens with one attached hydrogen (secondary N) is 1. The zero-order valence-electron chi connectivity index (χ0n) is 16.6. The van der Waals surface area contributed by atoms with Gasteiger partial charge in [0.1, 0.15) is 18.5 Å². The molecule has 0 saturated heterocycles. The second-order valence-electron chi connectivity index (χ2n) is 6.72. The fourth-order valence-electron chi connectivity index (χ4n) is 3.03. The SMILES string of the molecule is Cc1nc2ccc(-c3ccccc3OCC(O)CO)nn2c1C(=O)Nc1cnccn1. The molecule has 0 aliphatic rings. The molecule has 3 heterocycles. The van der Waals surface area contributed by atoms with E-state index in [-0.39, 0.29) is 12.3 Å². The first-order valence-electron chi connectivity index (χ1n) is 9.51. The Morgan fingerprint density at radius 2 is 2.06 bits per heavy atom. The van der Waals surface area contributed by atoms with Gasteiger partial charge in [-0.15, -0.1) is 0 Å². The van der Waals surface area contributed by atoms with Crippen molar-refractivity contribution in [2.75, 3.05) is 18.5 Å². The number of fused-ring (bicyclic) bond motifs is 1. The lowest BCUT2D eigenvalue weighted by molar-refractivity contribution is 0.0538. The van der Waals surface area contributed by atoms with E-state index in [0.717, 1.165) is 0 Å². The van der Waals surface area contributed by atoms with Gasteiger partial charge in [0, 0.05) is 18.0 Å². The Morgan fingerprint density at radius 3 is 2.84 bits per heavy atom. The maximum atomic E-state index is 12.9. The van der Waals surface area contributed by atoms with Crippen LogP contribution in [-0.2, 0) is 0 Å². The van der Waals surface area contributed by atoms with Crippen LogP contribution in [0.4, 0.5) is 5.82 Å². The Morgan fingerprint density at radius 1 is 1.23 bits per heavy atom. The van der Waals surface area contributed by atoms with Crippen LogP contribution in [0.25, 0.3) is 16.9 Å². The molecule has 0 spiro atoms. The lowest BCUT2D eigenvalue weighted by atomic mass is 10.1. The molecule has 1 unspecified atom stereocenters. The van der Waals surface area contributed by atoms with Crippen LogP contribution in [0.15, 0.2) is 55.0 Å². The zero-order valence-corrected chi connectivity index (χ0v) is 16.6. The van der Waals surface area contributed by atoms with Crippen LogP contribution in [0.3, 0.4) is 0 Å². The molecule has 10 nitrogen and oxygen atoms in total. The largest absolute Gasteiger partial charge is 0.490 e. The van der Waals surface area contributed by atoms with E-state index >= 15 is 0 Å². The van der Waals surface area contributed by atoms with Gasteiger partial charge < -0.3 is 20.3 Å². The fourth-order valence-corrected chi connectivity index (χ4v) is 3.03. The predicted molar refractivity (Wildman–Crippen MR) is 112 cm³/mol. The lowest BCUT2D eigenvalue weighted by Crippen LogP contribution is -2.21. The van der Waals surface area contributed by atoms with E-state index in [1.165, 1.54) is 23.1 Å². The second kappa shape index (κ2) is 8.86.